The normalized spacial score (nSPS) is 12.7. The van der Waals surface area contributed by atoms with Gasteiger partial charge in [-0.05, 0) is 39.8 Å². The van der Waals surface area contributed by atoms with E-state index in [9.17, 15) is 0 Å². The van der Waals surface area contributed by atoms with Gasteiger partial charge in [0, 0.05) is 6.54 Å². The molecule has 0 spiro atoms. The van der Waals surface area contributed by atoms with Gasteiger partial charge in [-0.25, -0.2) is 4.68 Å². The molecule has 5 nitrogen and oxygen atoms in total. The van der Waals surface area contributed by atoms with Gasteiger partial charge in [0.2, 0.25) is 0 Å². The van der Waals surface area contributed by atoms with Crippen LogP contribution in [0.25, 0.3) is 0 Å². The fourth-order valence-corrected chi connectivity index (χ4v) is 1.94. The van der Waals surface area contributed by atoms with Gasteiger partial charge in [0.25, 0.3) is 0 Å². The topological polar surface area (TPSA) is 69.0 Å². The molecular weight excluding hydrogens is 228 g/mol. The van der Waals surface area contributed by atoms with Gasteiger partial charge in [-0.15, -0.1) is 0 Å². The summed E-state index contributed by atoms with van der Waals surface area (Å²) in [6.07, 6.45) is 0. The number of nitrogen functional groups attached to an aromatic ring is 1. The Morgan fingerprint density at radius 1 is 1.44 bits per heavy atom. The highest BCUT2D eigenvalue weighted by Crippen LogP contribution is 2.27. The number of aryl methyl sites for hydroxylation is 3. The molecule has 0 aromatic carbocycles. The van der Waals surface area contributed by atoms with E-state index in [0.717, 1.165) is 29.6 Å². The van der Waals surface area contributed by atoms with Crippen molar-refractivity contribution in [3.05, 3.63) is 29.3 Å². The largest absolute Gasteiger partial charge is 0.464 e. The Labute approximate surface area is 107 Å². The van der Waals surface area contributed by atoms with E-state index in [2.05, 4.69) is 10.4 Å². The van der Waals surface area contributed by atoms with Crippen molar-refractivity contribution in [1.82, 2.24) is 9.78 Å². The molecule has 0 aliphatic rings. The fraction of sp³-hybridized carbons (Fsp3) is 0.462. The van der Waals surface area contributed by atoms with Crippen molar-refractivity contribution in [3.8, 4) is 0 Å². The first-order chi connectivity index (χ1) is 8.52. The smallest absolute Gasteiger partial charge is 0.148 e. The van der Waals surface area contributed by atoms with Crippen LogP contribution in [-0.4, -0.2) is 9.78 Å². The molecule has 2 heterocycles. The highest BCUT2D eigenvalue weighted by Gasteiger charge is 2.16. The molecule has 2 aromatic heterocycles. The van der Waals surface area contributed by atoms with Crippen LogP contribution in [0.15, 0.2) is 16.5 Å². The van der Waals surface area contributed by atoms with Crippen molar-refractivity contribution in [2.75, 3.05) is 11.1 Å². The molecule has 1 unspecified atom stereocenters. The van der Waals surface area contributed by atoms with E-state index in [1.54, 1.807) is 0 Å². The van der Waals surface area contributed by atoms with Crippen LogP contribution < -0.4 is 11.1 Å². The molecule has 1 atom stereocenters. The number of hydrogen-bond acceptors (Lipinski definition) is 4. The molecule has 0 saturated heterocycles. The Morgan fingerprint density at radius 3 is 2.72 bits per heavy atom. The summed E-state index contributed by atoms with van der Waals surface area (Å²) in [6, 6.07) is 3.99. The van der Waals surface area contributed by atoms with Crippen LogP contribution in [0.2, 0.25) is 0 Å². The van der Waals surface area contributed by atoms with Gasteiger partial charge >= 0.3 is 0 Å². The Bertz CT molecular complexity index is 541. The first-order valence-corrected chi connectivity index (χ1v) is 6.18. The quantitative estimate of drug-likeness (QED) is 0.873. The number of nitrogens with two attached hydrogens (primary N) is 1. The van der Waals surface area contributed by atoms with Gasteiger partial charge in [-0.3, -0.25) is 0 Å². The Kier molecular flexibility index (Phi) is 3.32. The van der Waals surface area contributed by atoms with Gasteiger partial charge in [0.15, 0.2) is 0 Å². The lowest BCUT2D eigenvalue weighted by molar-refractivity contribution is 0.465. The highest BCUT2D eigenvalue weighted by atomic mass is 16.3. The summed E-state index contributed by atoms with van der Waals surface area (Å²) in [5.74, 6) is 2.66. The predicted octanol–water partition coefficient (Wildman–Crippen LogP) is 2.87. The monoisotopic (exact) mass is 248 g/mol. The van der Waals surface area contributed by atoms with Crippen molar-refractivity contribution in [3.63, 3.8) is 0 Å². The lowest BCUT2D eigenvalue weighted by Crippen LogP contribution is -2.12. The van der Waals surface area contributed by atoms with Crippen LogP contribution in [0.3, 0.4) is 0 Å². The molecule has 98 valence electrons. The van der Waals surface area contributed by atoms with Crippen LogP contribution in [0, 0.1) is 13.8 Å². The van der Waals surface area contributed by atoms with Crippen molar-refractivity contribution < 1.29 is 4.42 Å². The summed E-state index contributed by atoms with van der Waals surface area (Å²) >= 11 is 0. The van der Waals surface area contributed by atoms with Gasteiger partial charge in [0.05, 0.1) is 17.4 Å². The van der Waals surface area contributed by atoms with Crippen molar-refractivity contribution in [2.24, 2.45) is 0 Å². The molecule has 2 aromatic rings. The lowest BCUT2D eigenvalue weighted by atomic mass is 10.2. The van der Waals surface area contributed by atoms with Crippen molar-refractivity contribution >= 4 is 11.5 Å². The van der Waals surface area contributed by atoms with E-state index >= 15 is 0 Å². The molecule has 5 heteroatoms. The number of nitrogens with one attached hydrogen (secondary N) is 1. The third-order valence-electron chi connectivity index (χ3n) is 3.01. The molecule has 3 N–H and O–H groups in total. The van der Waals surface area contributed by atoms with Crippen LogP contribution >= 0.6 is 0 Å². The van der Waals surface area contributed by atoms with E-state index in [1.807, 2.05) is 44.5 Å². The summed E-state index contributed by atoms with van der Waals surface area (Å²) in [7, 11) is 0. The third kappa shape index (κ3) is 2.20. The highest BCUT2D eigenvalue weighted by molar-refractivity contribution is 5.65. The molecule has 0 bridgehead atoms. The Balaban J connectivity index is 2.23. The van der Waals surface area contributed by atoms with E-state index < -0.39 is 0 Å². The average molecular weight is 248 g/mol. The van der Waals surface area contributed by atoms with Crippen LogP contribution in [0.4, 0.5) is 11.5 Å². The molecule has 0 aliphatic heterocycles. The van der Waals surface area contributed by atoms with Crippen LogP contribution in [0.5, 0.6) is 0 Å². The zero-order chi connectivity index (χ0) is 13.3. The van der Waals surface area contributed by atoms with Crippen LogP contribution in [-0.2, 0) is 6.54 Å². The van der Waals surface area contributed by atoms with Gasteiger partial charge in [-0.2, -0.15) is 5.10 Å². The SMILES string of the molecule is CCn1nc(C)c(N)c1NC(C)c1ccc(C)o1. The number of hydrogen-bond donors (Lipinski definition) is 2. The zero-order valence-corrected chi connectivity index (χ0v) is 11.3. The Hall–Kier alpha value is -1.91. The first-order valence-electron chi connectivity index (χ1n) is 6.18. The maximum absolute atomic E-state index is 6.03. The summed E-state index contributed by atoms with van der Waals surface area (Å²) in [5.41, 5.74) is 7.58. The average Bonchev–Trinajstić information content (AvgIpc) is 2.88. The molecule has 0 fully saturated rings. The van der Waals surface area contributed by atoms with Crippen LogP contribution in [0.1, 0.15) is 37.1 Å². The number of rotatable bonds is 4. The van der Waals surface area contributed by atoms with Gasteiger partial charge in [-0.1, -0.05) is 0 Å². The summed E-state index contributed by atoms with van der Waals surface area (Å²) in [4.78, 5) is 0. The van der Waals surface area contributed by atoms with Gasteiger partial charge < -0.3 is 15.5 Å². The summed E-state index contributed by atoms with van der Waals surface area (Å²) in [6.45, 7) is 8.71. The number of nitrogens with zero attached hydrogens (tertiary/aromatic N) is 2. The minimum Gasteiger partial charge on any atom is -0.464 e. The Morgan fingerprint density at radius 2 is 2.17 bits per heavy atom. The molecular formula is C13H20N4O. The number of aromatic nitrogens is 2. The second kappa shape index (κ2) is 4.76. The molecule has 0 amide bonds. The van der Waals surface area contributed by atoms with E-state index in [0.29, 0.717) is 5.69 Å². The number of furan rings is 1. The van der Waals surface area contributed by atoms with E-state index in [-0.39, 0.29) is 6.04 Å². The third-order valence-corrected chi connectivity index (χ3v) is 3.01. The summed E-state index contributed by atoms with van der Waals surface area (Å²) < 4.78 is 7.48. The molecule has 0 saturated carbocycles. The minimum absolute atomic E-state index is 0.0578. The second-order valence-electron chi connectivity index (χ2n) is 4.48. The lowest BCUT2D eigenvalue weighted by Gasteiger charge is -2.14. The van der Waals surface area contributed by atoms with Crippen molar-refractivity contribution in [1.29, 1.82) is 0 Å². The minimum atomic E-state index is 0.0578. The van der Waals surface area contributed by atoms with E-state index in [4.69, 9.17) is 10.2 Å². The molecule has 0 radical (unpaired) electrons. The van der Waals surface area contributed by atoms with E-state index in [1.165, 1.54) is 0 Å². The maximum atomic E-state index is 6.03. The predicted molar refractivity (Wildman–Crippen MR) is 72.5 cm³/mol. The zero-order valence-electron chi connectivity index (χ0n) is 11.3. The molecule has 0 aliphatic carbocycles. The fourth-order valence-electron chi connectivity index (χ4n) is 1.94. The number of anilines is 2. The molecule has 2 rings (SSSR count). The second-order valence-corrected chi connectivity index (χ2v) is 4.48. The van der Waals surface area contributed by atoms with Crippen molar-refractivity contribution in [2.45, 2.75) is 40.3 Å². The maximum Gasteiger partial charge on any atom is 0.148 e. The van der Waals surface area contributed by atoms with Gasteiger partial charge in [0.1, 0.15) is 17.3 Å². The first kappa shape index (κ1) is 12.5. The standard InChI is InChI=1S/C13H20N4O/c1-5-17-13(12(14)10(4)16-17)15-9(3)11-7-6-8(2)18-11/h6-7,9,15H,5,14H2,1-4H3. The molecule has 18 heavy (non-hydrogen) atoms. The summed E-state index contributed by atoms with van der Waals surface area (Å²) in [5, 5.41) is 7.74.